The summed E-state index contributed by atoms with van der Waals surface area (Å²) in [4.78, 5) is 29.0. The third kappa shape index (κ3) is 4.70. The van der Waals surface area contributed by atoms with Gasteiger partial charge in [0.25, 0.3) is 0 Å². The molecule has 0 atom stereocenters. The Labute approximate surface area is 166 Å². The van der Waals surface area contributed by atoms with Gasteiger partial charge in [-0.3, -0.25) is 9.59 Å². The number of carbonyl (C=O) groups excluding carboxylic acids is 2. The maximum atomic E-state index is 11.7. The van der Waals surface area contributed by atoms with Gasteiger partial charge in [0.1, 0.15) is 0 Å². The van der Waals surface area contributed by atoms with Crippen LogP contribution in [-0.4, -0.2) is 61.4 Å². The summed E-state index contributed by atoms with van der Waals surface area (Å²) in [6.45, 7) is 5.46. The van der Waals surface area contributed by atoms with E-state index < -0.39 is 0 Å². The fourth-order valence-electron chi connectivity index (χ4n) is 3.51. The average molecular weight is 380 g/mol. The van der Waals surface area contributed by atoms with Gasteiger partial charge < -0.3 is 20.4 Å². The van der Waals surface area contributed by atoms with Gasteiger partial charge in [-0.15, -0.1) is 0 Å². The molecular formula is C22H28N4O2. The van der Waals surface area contributed by atoms with Crippen molar-refractivity contribution in [3.8, 4) is 11.1 Å². The lowest BCUT2D eigenvalue weighted by molar-refractivity contribution is -0.129. The number of amides is 2. The molecule has 0 aromatic heterocycles. The molecule has 0 spiro atoms. The normalized spacial score (nSPS) is 14.1. The van der Waals surface area contributed by atoms with Crippen LogP contribution < -0.4 is 10.6 Å². The van der Waals surface area contributed by atoms with E-state index in [4.69, 9.17) is 5.73 Å². The first-order valence-corrected chi connectivity index (χ1v) is 9.62. The van der Waals surface area contributed by atoms with Crippen LogP contribution in [0.15, 0.2) is 48.5 Å². The standard InChI is InChI=1S/C22H28N4O2/c1-17(27)25-10-12-26(13-11-25)21-8-6-19(7-9-21)20-5-3-4-18(14-20)16-24(2)22(28)15-23/h3-9,14H,10-13,15-16,23H2,1-2H3. The van der Waals surface area contributed by atoms with Crippen molar-refractivity contribution in [1.82, 2.24) is 9.80 Å². The Bertz CT molecular complexity index is 827. The second kappa shape index (κ2) is 8.89. The summed E-state index contributed by atoms with van der Waals surface area (Å²) >= 11 is 0. The number of piperazine rings is 1. The molecule has 6 heteroatoms. The fourth-order valence-corrected chi connectivity index (χ4v) is 3.51. The van der Waals surface area contributed by atoms with Crippen LogP contribution in [0.25, 0.3) is 11.1 Å². The molecule has 1 heterocycles. The highest BCUT2D eigenvalue weighted by Crippen LogP contribution is 2.25. The number of nitrogens with two attached hydrogens (primary N) is 1. The molecule has 0 unspecified atom stereocenters. The predicted octanol–water partition coefficient (Wildman–Crippen LogP) is 1.94. The summed E-state index contributed by atoms with van der Waals surface area (Å²) in [5.41, 5.74) is 9.95. The highest BCUT2D eigenvalue weighted by molar-refractivity contribution is 5.77. The van der Waals surface area contributed by atoms with Crippen molar-refractivity contribution in [1.29, 1.82) is 0 Å². The minimum Gasteiger partial charge on any atom is -0.368 e. The molecule has 3 rings (SSSR count). The number of anilines is 1. The van der Waals surface area contributed by atoms with E-state index in [1.807, 2.05) is 17.0 Å². The monoisotopic (exact) mass is 380 g/mol. The summed E-state index contributed by atoms with van der Waals surface area (Å²) in [6, 6.07) is 16.7. The zero-order valence-electron chi connectivity index (χ0n) is 16.6. The van der Waals surface area contributed by atoms with Gasteiger partial charge in [0.05, 0.1) is 6.54 Å². The summed E-state index contributed by atoms with van der Waals surface area (Å²) < 4.78 is 0. The van der Waals surface area contributed by atoms with Gasteiger partial charge in [0.2, 0.25) is 11.8 Å². The molecular weight excluding hydrogens is 352 g/mol. The van der Waals surface area contributed by atoms with Crippen molar-refractivity contribution in [3.05, 3.63) is 54.1 Å². The zero-order valence-corrected chi connectivity index (χ0v) is 16.6. The quantitative estimate of drug-likeness (QED) is 0.861. The molecule has 0 aliphatic carbocycles. The average Bonchev–Trinajstić information content (AvgIpc) is 2.73. The molecule has 2 amide bonds. The molecule has 2 aromatic rings. The minimum atomic E-state index is -0.0698. The molecule has 1 aliphatic rings. The van der Waals surface area contributed by atoms with Gasteiger partial charge in [-0.05, 0) is 34.9 Å². The SMILES string of the molecule is CC(=O)N1CCN(c2ccc(-c3cccc(CN(C)C(=O)CN)c3)cc2)CC1. The van der Waals surface area contributed by atoms with Crippen LogP contribution >= 0.6 is 0 Å². The summed E-state index contributed by atoms with van der Waals surface area (Å²) in [6.07, 6.45) is 0. The molecule has 6 nitrogen and oxygen atoms in total. The van der Waals surface area contributed by atoms with Crippen LogP contribution in [0.1, 0.15) is 12.5 Å². The summed E-state index contributed by atoms with van der Waals surface area (Å²) in [5.74, 6) is 0.0771. The number of likely N-dealkylation sites (N-methyl/N-ethyl adjacent to an activating group) is 1. The molecule has 1 saturated heterocycles. The Morgan fingerprint density at radius 2 is 1.68 bits per heavy atom. The Morgan fingerprint density at radius 3 is 2.29 bits per heavy atom. The first-order valence-electron chi connectivity index (χ1n) is 9.62. The van der Waals surface area contributed by atoms with E-state index in [-0.39, 0.29) is 18.4 Å². The molecule has 1 aliphatic heterocycles. The van der Waals surface area contributed by atoms with Crippen LogP contribution in [-0.2, 0) is 16.1 Å². The van der Waals surface area contributed by atoms with Crippen molar-refractivity contribution in [2.75, 3.05) is 44.7 Å². The Morgan fingerprint density at radius 1 is 1.00 bits per heavy atom. The van der Waals surface area contributed by atoms with E-state index in [1.54, 1.807) is 18.9 Å². The molecule has 1 fully saturated rings. The first-order chi connectivity index (χ1) is 13.5. The van der Waals surface area contributed by atoms with Crippen LogP contribution in [0.3, 0.4) is 0 Å². The number of benzene rings is 2. The maximum absolute atomic E-state index is 11.7. The fraction of sp³-hybridized carbons (Fsp3) is 0.364. The topological polar surface area (TPSA) is 69.9 Å². The molecule has 28 heavy (non-hydrogen) atoms. The predicted molar refractivity (Wildman–Crippen MR) is 112 cm³/mol. The lowest BCUT2D eigenvalue weighted by Crippen LogP contribution is -2.48. The van der Waals surface area contributed by atoms with Crippen molar-refractivity contribution < 1.29 is 9.59 Å². The third-order valence-electron chi connectivity index (χ3n) is 5.24. The van der Waals surface area contributed by atoms with Crippen LogP contribution in [0, 0.1) is 0 Å². The van der Waals surface area contributed by atoms with E-state index in [0.29, 0.717) is 6.54 Å². The van der Waals surface area contributed by atoms with Crippen molar-refractivity contribution in [2.45, 2.75) is 13.5 Å². The second-order valence-electron chi connectivity index (χ2n) is 7.19. The Balaban J connectivity index is 1.68. The highest BCUT2D eigenvalue weighted by Gasteiger charge is 2.18. The molecule has 148 valence electrons. The zero-order chi connectivity index (χ0) is 20.1. The number of hydrogen-bond donors (Lipinski definition) is 1. The summed E-state index contributed by atoms with van der Waals surface area (Å²) in [5, 5.41) is 0. The largest absolute Gasteiger partial charge is 0.368 e. The Kier molecular flexibility index (Phi) is 6.31. The van der Waals surface area contributed by atoms with Gasteiger partial charge in [0.15, 0.2) is 0 Å². The van der Waals surface area contributed by atoms with E-state index in [2.05, 4.69) is 41.3 Å². The lowest BCUT2D eigenvalue weighted by atomic mass is 10.0. The maximum Gasteiger partial charge on any atom is 0.236 e. The molecule has 0 bridgehead atoms. The smallest absolute Gasteiger partial charge is 0.236 e. The van der Waals surface area contributed by atoms with E-state index in [0.717, 1.165) is 42.9 Å². The number of rotatable bonds is 5. The first kappa shape index (κ1) is 19.9. The van der Waals surface area contributed by atoms with E-state index in [9.17, 15) is 9.59 Å². The number of hydrogen-bond acceptors (Lipinski definition) is 4. The van der Waals surface area contributed by atoms with Crippen LogP contribution in [0.4, 0.5) is 5.69 Å². The molecule has 2 N–H and O–H groups in total. The van der Waals surface area contributed by atoms with Crippen molar-refractivity contribution >= 4 is 17.5 Å². The van der Waals surface area contributed by atoms with Gasteiger partial charge in [0, 0.05) is 52.4 Å². The third-order valence-corrected chi connectivity index (χ3v) is 5.24. The molecule has 2 aromatic carbocycles. The highest BCUT2D eigenvalue weighted by atomic mass is 16.2. The number of carbonyl (C=O) groups is 2. The Hall–Kier alpha value is -2.86. The molecule has 0 radical (unpaired) electrons. The van der Waals surface area contributed by atoms with E-state index in [1.165, 1.54) is 5.69 Å². The lowest BCUT2D eigenvalue weighted by Gasteiger charge is -2.35. The van der Waals surface area contributed by atoms with Crippen LogP contribution in [0.2, 0.25) is 0 Å². The number of nitrogens with zero attached hydrogens (tertiary/aromatic N) is 3. The summed E-state index contributed by atoms with van der Waals surface area (Å²) in [7, 11) is 1.77. The van der Waals surface area contributed by atoms with Gasteiger partial charge in [-0.2, -0.15) is 0 Å². The van der Waals surface area contributed by atoms with Crippen molar-refractivity contribution in [3.63, 3.8) is 0 Å². The van der Waals surface area contributed by atoms with E-state index >= 15 is 0 Å². The van der Waals surface area contributed by atoms with Gasteiger partial charge in [-0.1, -0.05) is 30.3 Å². The minimum absolute atomic E-state index is 0.0261. The van der Waals surface area contributed by atoms with Gasteiger partial charge >= 0.3 is 0 Å². The van der Waals surface area contributed by atoms with Crippen LogP contribution in [0.5, 0.6) is 0 Å². The van der Waals surface area contributed by atoms with Crippen molar-refractivity contribution in [2.24, 2.45) is 5.73 Å². The molecule has 0 saturated carbocycles. The second-order valence-corrected chi connectivity index (χ2v) is 7.19. The van der Waals surface area contributed by atoms with Gasteiger partial charge in [-0.25, -0.2) is 0 Å².